The molecule has 0 N–H and O–H groups in total. The highest BCUT2D eigenvalue weighted by Gasteiger charge is 2.12. The molecule has 0 amide bonds. The third-order valence-electron chi connectivity index (χ3n) is 2.13. The Morgan fingerprint density at radius 1 is 1.29 bits per heavy atom. The van der Waals surface area contributed by atoms with Crippen molar-refractivity contribution in [2.24, 2.45) is 10.2 Å². The summed E-state index contributed by atoms with van der Waals surface area (Å²) in [6.45, 7) is 1.55. The van der Waals surface area contributed by atoms with E-state index in [1.54, 1.807) is 38.3 Å². The topological polar surface area (TPSA) is 86.9 Å². The van der Waals surface area contributed by atoms with E-state index >= 15 is 0 Å². The van der Waals surface area contributed by atoms with Crippen LogP contribution in [0.4, 0.5) is 11.5 Å². The van der Waals surface area contributed by atoms with Gasteiger partial charge in [-0.3, -0.25) is 4.63 Å². The first-order valence-corrected chi connectivity index (χ1v) is 4.83. The molecule has 0 atom stereocenters. The second-order valence-corrected chi connectivity index (χ2v) is 3.24. The molecule has 0 unspecified atom stereocenters. The fourth-order valence-corrected chi connectivity index (χ4v) is 1.13. The van der Waals surface area contributed by atoms with Crippen LogP contribution in [0.2, 0.25) is 0 Å². The van der Waals surface area contributed by atoms with Crippen molar-refractivity contribution in [1.82, 2.24) is 5.16 Å². The van der Waals surface area contributed by atoms with Gasteiger partial charge in [0.2, 0.25) is 5.69 Å². The lowest BCUT2D eigenvalue weighted by atomic mass is 10.3. The first-order chi connectivity index (χ1) is 8.20. The summed E-state index contributed by atoms with van der Waals surface area (Å²) in [5.74, 6) is 0.898. The molecule has 0 spiro atoms. The largest absolute Gasteiger partial charge is 0.497 e. The van der Waals surface area contributed by atoms with Crippen molar-refractivity contribution in [3.8, 4) is 5.75 Å². The summed E-state index contributed by atoms with van der Waals surface area (Å²) in [6.07, 6.45) is 0. The highest BCUT2D eigenvalue weighted by atomic mass is 16.8. The number of azo groups is 1. The van der Waals surface area contributed by atoms with E-state index < -0.39 is 0 Å². The molecule has 1 aromatic carbocycles. The minimum Gasteiger partial charge on any atom is -0.497 e. The number of methoxy groups -OCH3 is 1. The van der Waals surface area contributed by atoms with Crippen molar-refractivity contribution in [1.29, 1.82) is 0 Å². The van der Waals surface area contributed by atoms with E-state index in [9.17, 15) is 5.21 Å². The molecule has 0 bridgehead atoms. The van der Waals surface area contributed by atoms with Gasteiger partial charge in [0.05, 0.1) is 18.0 Å². The van der Waals surface area contributed by atoms with E-state index in [0.29, 0.717) is 5.69 Å². The maximum Gasteiger partial charge on any atom is 0.354 e. The number of rotatable bonds is 3. The molecule has 7 heteroatoms. The third kappa shape index (κ3) is 2.39. The van der Waals surface area contributed by atoms with E-state index in [4.69, 9.17) is 4.74 Å². The zero-order chi connectivity index (χ0) is 12.3. The Balaban J connectivity index is 2.17. The zero-order valence-electron chi connectivity index (χ0n) is 9.32. The lowest BCUT2D eigenvalue weighted by Gasteiger charge is -1.97. The van der Waals surface area contributed by atoms with Gasteiger partial charge in [0.1, 0.15) is 5.75 Å². The van der Waals surface area contributed by atoms with Crippen molar-refractivity contribution in [3.05, 3.63) is 35.2 Å². The van der Waals surface area contributed by atoms with Crippen LogP contribution < -0.4 is 9.64 Å². The van der Waals surface area contributed by atoms with Crippen LogP contribution in [0.3, 0.4) is 0 Å². The molecule has 0 saturated heterocycles. The van der Waals surface area contributed by atoms with E-state index in [1.165, 1.54) is 0 Å². The average molecular weight is 234 g/mol. The quantitative estimate of drug-likeness (QED) is 0.600. The minimum absolute atomic E-state index is 0.163. The highest BCUT2D eigenvalue weighted by Crippen LogP contribution is 2.20. The summed E-state index contributed by atoms with van der Waals surface area (Å²) in [5.41, 5.74) is 0.896. The number of hydrogen-bond acceptors (Lipinski definition) is 6. The van der Waals surface area contributed by atoms with E-state index in [-0.39, 0.29) is 16.4 Å². The van der Waals surface area contributed by atoms with Gasteiger partial charge in [-0.25, -0.2) is 0 Å². The number of benzene rings is 1. The van der Waals surface area contributed by atoms with Crippen LogP contribution in [0.5, 0.6) is 5.75 Å². The van der Waals surface area contributed by atoms with Gasteiger partial charge in [-0.1, -0.05) is 5.11 Å². The van der Waals surface area contributed by atoms with Crippen LogP contribution in [0.1, 0.15) is 5.69 Å². The Kier molecular flexibility index (Phi) is 2.99. The van der Waals surface area contributed by atoms with Gasteiger partial charge >= 0.3 is 5.82 Å². The Bertz CT molecular complexity index is 533. The molecular formula is C10H10N4O3. The lowest BCUT2D eigenvalue weighted by Crippen LogP contribution is -2.25. The number of nitrogens with zero attached hydrogens (tertiary/aromatic N) is 4. The maximum atomic E-state index is 10.9. The monoisotopic (exact) mass is 234 g/mol. The molecule has 0 radical (unpaired) electrons. The first kappa shape index (κ1) is 11.1. The van der Waals surface area contributed by atoms with E-state index in [0.717, 1.165) is 5.75 Å². The normalized spacial score (nSPS) is 10.9. The lowest BCUT2D eigenvalue weighted by molar-refractivity contribution is -0.806. The van der Waals surface area contributed by atoms with Crippen LogP contribution in [0.15, 0.2) is 39.1 Å². The smallest absolute Gasteiger partial charge is 0.354 e. The Labute approximate surface area is 96.9 Å². The Hall–Kier alpha value is -2.44. The summed E-state index contributed by atoms with van der Waals surface area (Å²) >= 11 is 0. The molecule has 0 aliphatic rings. The summed E-state index contributed by atoms with van der Waals surface area (Å²) in [7, 11) is 1.59. The van der Waals surface area contributed by atoms with Crippen LogP contribution in [-0.2, 0) is 0 Å². The van der Waals surface area contributed by atoms with Gasteiger partial charge in [-0.05, 0) is 29.2 Å². The molecule has 0 aliphatic carbocycles. The number of ether oxygens (including phenoxy) is 1. The van der Waals surface area contributed by atoms with Gasteiger partial charge in [-0.15, -0.1) is 5.11 Å². The van der Waals surface area contributed by atoms with Gasteiger partial charge in [0.15, 0.2) is 0 Å². The Morgan fingerprint density at radius 3 is 2.53 bits per heavy atom. The fraction of sp³-hybridized carbons (Fsp3) is 0.200. The van der Waals surface area contributed by atoms with Crippen molar-refractivity contribution in [2.45, 2.75) is 6.92 Å². The molecule has 2 rings (SSSR count). The van der Waals surface area contributed by atoms with Gasteiger partial charge in [0, 0.05) is 6.92 Å². The number of aromatic nitrogens is 2. The fourth-order valence-electron chi connectivity index (χ4n) is 1.13. The standard InChI is InChI=1S/C10H10N4O3/c1-7-10(13-17-14(7)15)12-11-8-3-5-9(16-2)6-4-8/h3-6H,1-2H3. The summed E-state index contributed by atoms with van der Waals surface area (Å²) < 4.78 is 9.37. The minimum atomic E-state index is 0.163. The summed E-state index contributed by atoms with van der Waals surface area (Å²) in [5, 5.41) is 22.1. The van der Waals surface area contributed by atoms with Gasteiger partial charge < -0.3 is 9.94 Å². The molecule has 0 saturated carbocycles. The molecule has 2 aromatic rings. The van der Waals surface area contributed by atoms with E-state index in [2.05, 4.69) is 20.0 Å². The zero-order valence-corrected chi connectivity index (χ0v) is 9.32. The molecule has 88 valence electrons. The number of hydrogen-bond donors (Lipinski definition) is 0. The van der Waals surface area contributed by atoms with Crippen LogP contribution in [0.25, 0.3) is 0 Å². The second kappa shape index (κ2) is 4.60. The van der Waals surface area contributed by atoms with Crippen LogP contribution in [0, 0.1) is 12.1 Å². The molecule has 0 fully saturated rings. The van der Waals surface area contributed by atoms with Gasteiger partial charge in [-0.2, -0.15) is 0 Å². The molecule has 1 heterocycles. The summed E-state index contributed by atoms with van der Waals surface area (Å²) in [6, 6.07) is 7.00. The first-order valence-electron chi connectivity index (χ1n) is 4.83. The average Bonchev–Trinajstić information content (AvgIpc) is 2.68. The van der Waals surface area contributed by atoms with Crippen molar-refractivity contribution in [3.63, 3.8) is 0 Å². The van der Waals surface area contributed by atoms with E-state index in [1.807, 2.05) is 0 Å². The Morgan fingerprint density at radius 2 is 2.00 bits per heavy atom. The van der Waals surface area contributed by atoms with Gasteiger partial charge in [0.25, 0.3) is 0 Å². The predicted octanol–water partition coefficient (Wildman–Crippen LogP) is 2.04. The van der Waals surface area contributed by atoms with Crippen LogP contribution >= 0.6 is 0 Å². The second-order valence-electron chi connectivity index (χ2n) is 3.24. The third-order valence-corrected chi connectivity index (χ3v) is 2.13. The van der Waals surface area contributed by atoms with Crippen molar-refractivity contribution >= 4 is 11.5 Å². The SMILES string of the molecule is COc1ccc(N=Nc2no[n+]([O-])c2C)cc1. The maximum absolute atomic E-state index is 10.9. The van der Waals surface area contributed by atoms with Crippen molar-refractivity contribution in [2.75, 3.05) is 7.11 Å². The molecule has 1 aromatic heterocycles. The summed E-state index contributed by atoms with van der Waals surface area (Å²) in [4.78, 5) is 0.280. The van der Waals surface area contributed by atoms with Crippen LogP contribution in [-0.4, -0.2) is 12.3 Å². The highest BCUT2D eigenvalue weighted by molar-refractivity contribution is 5.41. The van der Waals surface area contributed by atoms with Crippen molar-refractivity contribution < 1.29 is 14.3 Å². The predicted molar refractivity (Wildman–Crippen MR) is 57.4 cm³/mol. The molecule has 17 heavy (non-hydrogen) atoms. The molecular weight excluding hydrogens is 224 g/mol. The molecule has 0 aliphatic heterocycles. The molecule has 7 nitrogen and oxygen atoms in total.